The quantitative estimate of drug-likeness (QED) is 0.855. The molecule has 0 amide bonds. The van der Waals surface area contributed by atoms with E-state index in [1.165, 1.54) is 16.9 Å². The fourth-order valence-electron chi connectivity index (χ4n) is 2.41. The molecule has 2 N–H and O–H groups in total. The smallest absolute Gasteiger partial charge is 0.0786 e. The fourth-order valence-corrected chi connectivity index (χ4v) is 2.41. The summed E-state index contributed by atoms with van der Waals surface area (Å²) in [5.74, 6) is 0. The Morgan fingerprint density at radius 1 is 1.11 bits per heavy atom. The lowest BCUT2D eigenvalue weighted by Gasteiger charge is -2.29. The Bertz CT molecular complexity index is 486. The van der Waals surface area contributed by atoms with Gasteiger partial charge in [0.05, 0.1) is 17.6 Å². The van der Waals surface area contributed by atoms with Crippen molar-refractivity contribution in [1.82, 2.24) is 15.5 Å². The highest BCUT2D eigenvalue weighted by Crippen LogP contribution is 2.21. The van der Waals surface area contributed by atoms with E-state index in [1.54, 1.807) is 0 Å². The van der Waals surface area contributed by atoms with Gasteiger partial charge in [-0.3, -0.25) is 5.10 Å². The van der Waals surface area contributed by atoms with Crippen LogP contribution < -0.4 is 10.2 Å². The lowest BCUT2D eigenvalue weighted by atomic mass is 10.1. The SMILES string of the molecule is c1ccc(Cc2[nH]ncc2N2CCNCC2)cc1. The topological polar surface area (TPSA) is 44.0 Å². The zero-order valence-electron chi connectivity index (χ0n) is 10.4. The van der Waals surface area contributed by atoms with E-state index in [4.69, 9.17) is 0 Å². The van der Waals surface area contributed by atoms with Crippen molar-refractivity contribution in [3.63, 3.8) is 0 Å². The molecule has 18 heavy (non-hydrogen) atoms. The highest BCUT2D eigenvalue weighted by molar-refractivity contribution is 5.51. The van der Waals surface area contributed by atoms with Crippen molar-refractivity contribution in [2.24, 2.45) is 0 Å². The van der Waals surface area contributed by atoms with Gasteiger partial charge in [0, 0.05) is 32.6 Å². The number of aromatic amines is 1. The predicted octanol–water partition coefficient (Wildman–Crippen LogP) is 1.41. The maximum atomic E-state index is 4.21. The average Bonchev–Trinajstić information content (AvgIpc) is 2.89. The van der Waals surface area contributed by atoms with Crippen LogP contribution in [0.2, 0.25) is 0 Å². The van der Waals surface area contributed by atoms with E-state index >= 15 is 0 Å². The summed E-state index contributed by atoms with van der Waals surface area (Å²) in [6.07, 6.45) is 2.86. The van der Waals surface area contributed by atoms with E-state index in [9.17, 15) is 0 Å². The maximum Gasteiger partial charge on any atom is 0.0786 e. The minimum Gasteiger partial charge on any atom is -0.366 e. The Labute approximate surface area is 107 Å². The summed E-state index contributed by atoms with van der Waals surface area (Å²) in [6, 6.07) is 10.5. The van der Waals surface area contributed by atoms with Crippen molar-refractivity contribution in [2.45, 2.75) is 6.42 Å². The van der Waals surface area contributed by atoms with Crippen LogP contribution in [0.1, 0.15) is 11.3 Å². The molecular formula is C14H18N4. The van der Waals surface area contributed by atoms with Gasteiger partial charge in [-0.15, -0.1) is 0 Å². The summed E-state index contributed by atoms with van der Waals surface area (Å²) in [7, 11) is 0. The van der Waals surface area contributed by atoms with Crippen LogP contribution >= 0.6 is 0 Å². The third-order valence-corrected chi connectivity index (χ3v) is 3.38. The summed E-state index contributed by atoms with van der Waals surface area (Å²) in [5.41, 5.74) is 3.78. The van der Waals surface area contributed by atoms with E-state index in [-0.39, 0.29) is 0 Å². The second-order valence-corrected chi connectivity index (χ2v) is 4.63. The molecule has 1 aromatic heterocycles. The first kappa shape index (κ1) is 11.3. The van der Waals surface area contributed by atoms with E-state index in [0.717, 1.165) is 32.6 Å². The molecule has 1 aliphatic heterocycles. The van der Waals surface area contributed by atoms with Gasteiger partial charge in [-0.05, 0) is 5.56 Å². The van der Waals surface area contributed by atoms with Crippen LogP contribution in [0.5, 0.6) is 0 Å². The standard InChI is InChI=1S/C14H18N4/c1-2-4-12(5-3-1)10-13-14(11-16-17-13)18-8-6-15-7-9-18/h1-5,11,15H,6-10H2,(H,16,17). The highest BCUT2D eigenvalue weighted by Gasteiger charge is 2.15. The molecule has 1 fully saturated rings. The van der Waals surface area contributed by atoms with Crippen molar-refractivity contribution < 1.29 is 0 Å². The summed E-state index contributed by atoms with van der Waals surface area (Å²) in [5, 5.41) is 10.7. The predicted molar refractivity (Wildman–Crippen MR) is 72.9 cm³/mol. The number of piperazine rings is 1. The van der Waals surface area contributed by atoms with Gasteiger partial charge in [0.1, 0.15) is 0 Å². The van der Waals surface area contributed by atoms with E-state index < -0.39 is 0 Å². The second-order valence-electron chi connectivity index (χ2n) is 4.63. The average molecular weight is 242 g/mol. The Hall–Kier alpha value is -1.81. The molecule has 2 aromatic rings. The molecule has 0 bridgehead atoms. The molecule has 4 nitrogen and oxygen atoms in total. The van der Waals surface area contributed by atoms with Crippen molar-refractivity contribution in [1.29, 1.82) is 0 Å². The molecule has 0 atom stereocenters. The first-order chi connectivity index (χ1) is 8.93. The number of H-pyrrole nitrogens is 1. The number of aromatic nitrogens is 2. The number of hydrogen-bond acceptors (Lipinski definition) is 3. The van der Waals surface area contributed by atoms with Gasteiger partial charge in [0.2, 0.25) is 0 Å². The van der Waals surface area contributed by atoms with Gasteiger partial charge < -0.3 is 10.2 Å². The van der Waals surface area contributed by atoms with Crippen molar-refractivity contribution >= 4 is 5.69 Å². The second kappa shape index (κ2) is 5.23. The summed E-state index contributed by atoms with van der Waals surface area (Å²) >= 11 is 0. The third kappa shape index (κ3) is 2.38. The van der Waals surface area contributed by atoms with Gasteiger partial charge in [-0.1, -0.05) is 30.3 Å². The molecular weight excluding hydrogens is 224 g/mol. The van der Waals surface area contributed by atoms with E-state index in [1.807, 2.05) is 12.3 Å². The van der Waals surface area contributed by atoms with Crippen LogP contribution in [0.15, 0.2) is 36.5 Å². The van der Waals surface area contributed by atoms with E-state index in [0.29, 0.717) is 0 Å². The normalized spacial score (nSPS) is 15.9. The van der Waals surface area contributed by atoms with Crippen molar-refractivity contribution in [2.75, 3.05) is 31.1 Å². The van der Waals surface area contributed by atoms with Crippen LogP contribution in [-0.2, 0) is 6.42 Å². The molecule has 1 aliphatic rings. The molecule has 0 radical (unpaired) electrons. The van der Waals surface area contributed by atoms with Crippen LogP contribution in [0, 0.1) is 0 Å². The largest absolute Gasteiger partial charge is 0.366 e. The zero-order valence-corrected chi connectivity index (χ0v) is 10.4. The first-order valence-corrected chi connectivity index (χ1v) is 6.45. The van der Waals surface area contributed by atoms with Crippen LogP contribution in [-0.4, -0.2) is 36.4 Å². The molecule has 0 saturated carbocycles. The molecule has 94 valence electrons. The zero-order chi connectivity index (χ0) is 12.2. The maximum absolute atomic E-state index is 4.21. The molecule has 2 heterocycles. The third-order valence-electron chi connectivity index (χ3n) is 3.38. The lowest BCUT2D eigenvalue weighted by Crippen LogP contribution is -2.43. The molecule has 0 spiro atoms. The number of benzene rings is 1. The van der Waals surface area contributed by atoms with Crippen molar-refractivity contribution in [3.05, 3.63) is 47.8 Å². The number of nitrogens with zero attached hydrogens (tertiary/aromatic N) is 2. The number of anilines is 1. The summed E-state index contributed by atoms with van der Waals surface area (Å²) in [4.78, 5) is 2.40. The Morgan fingerprint density at radius 3 is 2.67 bits per heavy atom. The number of nitrogens with one attached hydrogen (secondary N) is 2. The first-order valence-electron chi connectivity index (χ1n) is 6.45. The van der Waals surface area contributed by atoms with Crippen LogP contribution in [0.3, 0.4) is 0 Å². The van der Waals surface area contributed by atoms with E-state index in [2.05, 4.69) is 44.7 Å². The molecule has 0 unspecified atom stereocenters. The van der Waals surface area contributed by atoms with Gasteiger partial charge in [-0.25, -0.2) is 0 Å². The van der Waals surface area contributed by atoms with Crippen LogP contribution in [0.4, 0.5) is 5.69 Å². The minimum absolute atomic E-state index is 0.917. The number of rotatable bonds is 3. The Morgan fingerprint density at radius 2 is 1.89 bits per heavy atom. The monoisotopic (exact) mass is 242 g/mol. The van der Waals surface area contributed by atoms with Gasteiger partial charge in [-0.2, -0.15) is 5.10 Å². The molecule has 0 aliphatic carbocycles. The number of hydrogen-bond donors (Lipinski definition) is 2. The molecule has 1 saturated heterocycles. The molecule has 4 heteroatoms. The molecule has 3 rings (SSSR count). The molecule has 1 aromatic carbocycles. The summed E-state index contributed by atoms with van der Waals surface area (Å²) < 4.78 is 0. The van der Waals surface area contributed by atoms with Crippen molar-refractivity contribution in [3.8, 4) is 0 Å². The minimum atomic E-state index is 0.917. The van der Waals surface area contributed by atoms with Gasteiger partial charge in [0.15, 0.2) is 0 Å². The highest BCUT2D eigenvalue weighted by atomic mass is 15.2. The van der Waals surface area contributed by atoms with Gasteiger partial charge >= 0.3 is 0 Å². The Kier molecular flexibility index (Phi) is 3.28. The Balaban J connectivity index is 1.78. The van der Waals surface area contributed by atoms with Crippen LogP contribution in [0.25, 0.3) is 0 Å². The van der Waals surface area contributed by atoms with Gasteiger partial charge in [0.25, 0.3) is 0 Å². The lowest BCUT2D eigenvalue weighted by molar-refractivity contribution is 0.588. The fraction of sp³-hybridized carbons (Fsp3) is 0.357. The summed E-state index contributed by atoms with van der Waals surface area (Å²) in [6.45, 7) is 4.22.